The molecule has 1 aromatic rings. The zero-order valence-corrected chi connectivity index (χ0v) is 12.1. The van der Waals surface area contributed by atoms with E-state index in [9.17, 15) is 10.1 Å². The van der Waals surface area contributed by atoms with E-state index in [2.05, 4.69) is 11.8 Å². The van der Waals surface area contributed by atoms with Gasteiger partial charge in [0.2, 0.25) is 0 Å². The number of likely N-dealkylation sites (tertiary alicyclic amines) is 1. The van der Waals surface area contributed by atoms with Crippen molar-refractivity contribution in [3.8, 4) is 0 Å². The third-order valence-corrected chi connectivity index (χ3v) is 4.03. The molecule has 1 saturated heterocycles. The summed E-state index contributed by atoms with van der Waals surface area (Å²) >= 11 is 0. The first-order valence-corrected chi connectivity index (χ1v) is 7.02. The lowest BCUT2D eigenvalue weighted by molar-refractivity contribution is -0.383. The second-order valence-electron chi connectivity index (χ2n) is 5.28. The van der Waals surface area contributed by atoms with Gasteiger partial charge in [-0.15, -0.1) is 0 Å². The monoisotopic (exact) mass is 278 g/mol. The van der Waals surface area contributed by atoms with Crippen LogP contribution in [0.3, 0.4) is 0 Å². The first-order chi connectivity index (χ1) is 9.54. The fourth-order valence-corrected chi connectivity index (χ4v) is 2.99. The Labute approximate surface area is 119 Å². The van der Waals surface area contributed by atoms with Crippen molar-refractivity contribution < 1.29 is 4.92 Å². The van der Waals surface area contributed by atoms with Gasteiger partial charge in [0.1, 0.15) is 11.4 Å². The number of rotatable bonds is 5. The van der Waals surface area contributed by atoms with Crippen molar-refractivity contribution in [3.63, 3.8) is 0 Å². The van der Waals surface area contributed by atoms with Crippen LogP contribution >= 0.6 is 0 Å². The van der Waals surface area contributed by atoms with Gasteiger partial charge in [-0.1, -0.05) is 13.0 Å². The summed E-state index contributed by atoms with van der Waals surface area (Å²) in [6.07, 6.45) is 2.35. The van der Waals surface area contributed by atoms with E-state index in [0.29, 0.717) is 11.7 Å². The minimum Gasteiger partial charge on any atom is -0.393 e. The van der Waals surface area contributed by atoms with E-state index in [4.69, 9.17) is 5.73 Å². The Morgan fingerprint density at radius 1 is 1.55 bits per heavy atom. The predicted molar refractivity (Wildman–Crippen MR) is 81.0 cm³/mol. The number of nitro groups is 1. The molecular weight excluding hydrogens is 256 g/mol. The number of nitrogens with two attached hydrogens (primary N) is 1. The molecule has 0 saturated carbocycles. The molecular formula is C14H22N4O2. The van der Waals surface area contributed by atoms with Crippen LogP contribution in [-0.4, -0.2) is 42.5 Å². The van der Waals surface area contributed by atoms with Crippen LogP contribution in [0.2, 0.25) is 0 Å². The van der Waals surface area contributed by atoms with Crippen molar-refractivity contribution in [3.05, 3.63) is 28.3 Å². The standard InChI is InChI=1S/C14H22N4O2/c1-3-17-9-5-6-11(17)10-16(2)13-8-4-7-12(15)14(13)18(19)20/h4,7-8,11H,3,5-6,9-10,15H2,1-2H3. The zero-order valence-electron chi connectivity index (χ0n) is 12.1. The third kappa shape index (κ3) is 2.85. The van der Waals surface area contributed by atoms with Crippen LogP contribution in [0.4, 0.5) is 17.1 Å². The van der Waals surface area contributed by atoms with Crippen LogP contribution < -0.4 is 10.6 Å². The molecule has 1 fully saturated rings. The second kappa shape index (κ2) is 6.09. The number of likely N-dealkylation sites (N-methyl/N-ethyl adjacent to an activating group) is 2. The molecule has 1 atom stereocenters. The molecule has 1 heterocycles. The Balaban J connectivity index is 2.19. The smallest absolute Gasteiger partial charge is 0.315 e. The highest BCUT2D eigenvalue weighted by atomic mass is 16.6. The van der Waals surface area contributed by atoms with E-state index in [1.54, 1.807) is 18.2 Å². The molecule has 2 N–H and O–H groups in total. The van der Waals surface area contributed by atoms with Crippen LogP contribution in [-0.2, 0) is 0 Å². The Hall–Kier alpha value is -1.82. The third-order valence-electron chi connectivity index (χ3n) is 4.03. The molecule has 0 bridgehead atoms. The molecule has 1 unspecified atom stereocenters. The molecule has 0 amide bonds. The summed E-state index contributed by atoms with van der Waals surface area (Å²) in [7, 11) is 1.90. The molecule has 0 aromatic heterocycles. The summed E-state index contributed by atoms with van der Waals surface area (Å²) in [5.74, 6) is 0. The molecule has 1 aromatic carbocycles. The van der Waals surface area contributed by atoms with Gasteiger partial charge < -0.3 is 10.6 Å². The summed E-state index contributed by atoms with van der Waals surface area (Å²) < 4.78 is 0. The van der Waals surface area contributed by atoms with Crippen molar-refractivity contribution in [2.75, 3.05) is 37.3 Å². The van der Waals surface area contributed by atoms with E-state index < -0.39 is 4.92 Å². The fourth-order valence-electron chi connectivity index (χ4n) is 2.99. The van der Waals surface area contributed by atoms with Crippen molar-refractivity contribution in [2.45, 2.75) is 25.8 Å². The quantitative estimate of drug-likeness (QED) is 0.507. The van der Waals surface area contributed by atoms with Crippen molar-refractivity contribution in [1.82, 2.24) is 4.90 Å². The largest absolute Gasteiger partial charge is 0.393 e. The topological polar surface area (TPSA) is 75.6 Å². The minimum absolute atomic E-state index is 0.0102. The molecule has 1 aliphatic heterocycles. The van der Waals surface area contributed by atoms with Gasteiger partial charge in [0, 0.05) is 19.6 Å². The molecule has 0 spiro atoms. The van der Waals surface area contributed by atoms with Gasteiger partial charge in [-0.25, -0.2) is 0 Å². The Morgan fingerprint density at radius 2 is 2.30 bits per heavy atom. The first-order valence-electron chi connectivity index (χ1n) is 7.02. The molecule has 6 heteroatoms. The predicted octanol–water partition coefficient (Wildman–Crippen LogP) is 2.10. The van der Waals surface area contributed by atoms with E-state index in [1.807, 2.05) is 11.9 Å². The zero-order chi connectivity index (χ0) is 14.7. The van der Waals surface area contributed by atoms with Crippen molar-refractivity contribution >= 4 is 17.1 Å². The maximum atomic E-state index is 11.2. The van der Waals surface area contributed by atoms with E-state index >= 15 is 0 Å². The van der Waals surface area contributed by atoms with Crippen molar-refractivity contribution in [1.29, 1.82) is 0 Å². The number of nitro benzene ring substituents is 1. The highest BCUT2D eigenvalue weighted by molar-refractivity contribution is 5.75. The lowest BCUT2D eigenvalue weighted by Crippen LogP contribution is -2.38. The Morgan fingerprint density at radius 3 is 2.95 bits per heavy atom. The molecule has 1 aliphatic rings. The van der Waals surface area contributed by atoms with Gasteiger partial charge in [-0.05, 0) is 38.1 Å². The van der Waals surface area contributed by atoms with E-state index in [1.165, 1.54) is 6.42 Å². The van der Waals surface area contributed by atoms with Crippen LogP contribution in [0.1, 0.15) is 19.8 Å². The molecule has 20 heavy (non-hydrogen) atoms. The Kier molecular flexibility index (Phi) is 4.44. The van der Waals surface area contributed by atoms with Crippen LogP contribution in [0, 0.1) is 10.1 Å². The SMILES string of the molecule is CCN1CCCC1CN(C)c1cccc(N)c1[N+](=O)[O-]. The molecule has 2 rings (SSSR count). The number of nitrogen functional groups attached to an aromatic ring is 1. The molecule has 110 valence electrons. The molecule has 0 radical (unpaired) electrons. The number of nitrogens with zero attached hydrogens (tertiary/aromatic N) is 3. The van der Waals surface area contributed by atoms with Gasteiger partial charge in [0.25, 0.3) is 0 Å². The number of benzene rings is 1. The van der Waals surface area contributed by atoms with E-state index in [-0.39, 0.29) is 11.4 Å². The van der Waals surface area contributed by atoms with Gasteiger partial charge >= 0.3 is 5.69 Å². The normalized spacial score (nSPS) is 19.2. The summed E-state index contributed by atoms with van der Waals surface area (Å²) in [6.45, 7) is 5.09. The fraction of sp³-hybridized carbons (Fsp3) is 0.571. The van der Waals surface area contributed by atoms with Gasteiger partial charge in [0.15, 0.2) is 0 Å². The molecule has 0 aliphatic carbocycles. The van der Waals surface area contributed by atoms with Crippen molar-refractivity contribution in [2.24, 2.45) is 0 Å². The van der Waals surface area contributed by atoms with Crippen LogP contribution in [0.15, 0.2) is 18.2 Å². The molecule has 6 nitrogen and oxygen atoms in total. The van der Waals surface area contributed by atoms with Crippen LogP contribution in [0.5, 0.6) is 0 Å². The van der Waals surface area contributed by atoms with Crippen LogP contribution in [0.25, 0.3) is 0 Å². The maximum absolute atomic E-state index is 11.2. The summed E-state index contributed by atoms with van der Waals surface area (Å²) in [6, 6.07) is 5.56. The minimum atomic E-state index is -0.395. The maximum Gasteiger partial charge on any atom is 0.315 e. The summed E-state index contributed by atoms with van der Waals surface area (Å²) in [4.78, 5) is 15.2. The number of hydrogen-bond donors (Lipinski definition) is 1. The van der Waals surface area contributed by atoms with Gasteiger partial charge in [0.05, 0.1) is 4.92 Å². The number of anilines is 2. The lowest BCUT2D eigenvalue weighted by Gasteiger charge is -2.28. The first kappa shape index (κ1) is 14.6. The summed E-state index contributed by atoms with van der Waals surface area (Å²) in [5.41, 5.74) is 6.57. The average molecular weight is 278 g/mol. The van der Waals surface area contributed by atoms with Gasteiger partial charge in [-0.3, -0.25) is 15.0 Å². The average Bonchev–Trinajstić information content (AvgIpc) is 2.85. The Bertz CT molecular complexity index is 492. The highest BCUT2D eigenvalue weighted by Crippen LogP contribution is 2.33. The van der Waals surface area contributed by atoms with E-state index in [0.717, 1.165) is 26.1 Å². The number of para-hydroxylation sites is 1. The lowest BCUT2D eigenvalue weighted by atomic mass is 10.1. The highest BCUT2D eigenvalue weighted by Gasteiger charge is 2.27. The van der Waals surface area contributed by atoms with Gasteiger partial charge in [-0.2, -0.15) is 0 Å². The number of hydrogen-bond acceptors (Lipinski definition) is 5. The summed E-state index contributed by atoms with van der Waals surface area (Å²) in [5, 5.41) is 11.2. The second-order valence-corrected chi connectivity index (χ2v) is 5.28.